The number of amides is 1. The van der Waals surface area contributed by atoms with Crippen LogP contribution in [0.3, 0.4) is 0 Å². The number of nitrogens with one attached hydrogen (secondary N) is 1. The van der Waals surface area contributed by atoms with E-state index in [4.69, 9.17) is 16.3 Å². The molecule has 1 N–H and O–H groups in total. The molecule has 0 unspecified atom stereocenters. The van der Waals surface area contributed by atoms with E-state index in [0.717, 1.165) is 6.42 Å². The summed E-state index contributed by atoms with van der Waals surface area (Å²) in [5.74, 6) is 0.301. The lowest BCUT2D eigenvalue weighted by molar-refractivity contribution is 0.102. The van der Waals surface area contributed by atoms with Crippen molar-refractivity contribution in [1.29, 1.82) is 0 Å². The summed E-state index contributed by atoms with van der Waals surface area (Å²) in [6.45, 7) is 4.23. The molecule has 6 nitrogen and oxygen atoms in total. The number of ether oxygens (including phenoxy) is 1. The molecule has 1 fully saturated rings. The minimum Gasteiger partial charge on any atom is -0.489 e. The minimum atomic E-state index is -3.33. The van der Waals surface area contributed by atoms with Crippen molar-refractivity contribution in [3.63, 3.8) is 0 Å². The zero-order valence-corrected chi connectivity index (χ0v) is 17.4. The fraction of sp³-hybridized carbons (Fsp3) is 0.350. The summed E-state index contributed by atoms with van der Waals surface area (Å²) in [6.07, 6.45) is 1.42. The molecule has 1 aliphatic rings. The number of para-hydroxylation sites is 2. The molecule has 0 bridgehead atoms. The fourth-order valence-electron chi connectivity index (χ4n) is 3.04. The smallest absolute Gasteiger partial charge is 0.257 e. The molecule has 8 heteroatoms. The second-order valence-electron chi connectivity index (χ2n) is 6.88. The van der Waals surface area contributed by atoms with Crippen LogP contribution in [-0.4, -0.2) is 32.7 Å². The van der Waals surface area contributed by atoms with Crippen LogP contribution in [0.1, 0.15) is 37.0 Å². The van der Waals surface area contributed by atoms with Gasteiger partial charge in [-0.1, -0.05) is 23.7 Å². The highest BCUT2D eigenvalue weighted by molar-refractivity contribution is 7.92. The maximum atomic E-state index is 12.7. The third kappa shape index (κ3) is 4.59. The minimum absolute atomic E-state index is 0.0348. The average molecular weight is 423 g/mol. The number of carbonyl (C=O) groups excluding carboxylic acids is 1. The lowest BCUT2D eigenvalue weighted by Gasteiger charge is -2.28. The van der Waals surface area contributed by atoms with Crippen molar-refractivity contribution < 1.29 is 17.9 Å². The van der Waals surface area contributed by atoms with Gasteiger partial charge in [-0.2, -0.15) is 0 Å². The Labute approximate surface area is 170 Å². The second kappa shape index (κ2) is 8.41. The standard InChI is InChI=1S/C20H23ClN2O4S/c1-14(2)27-19-8-4-3-7-18(19)22-20(24)16-10-9-15(13-17(16)21)23-11-5-6-12-28(23,25)26/h3-4,7-10,13-14H,5-6,11-12H2,1-2H3,(H,22,24). The Balaban J connectivity index is 1.82. The fourth-order valence-corrected chi connectivity index (χ4v) is 4.93. The Morgan fingerprint density at radius 2 is 1.93 bits per heavy atom. The molecule has 0 spiro atoms. The van der Waals surface area contributed by atoms with Gasteiger partial charge in [0.15, 0.2) is 0 Å². The first-order valence-corrected chi connectivity index (χ1v) is 11.1. The molecule has 0 saturated carbocycles. The van der Waals surface area contributed by atoms with Crippen molar-refractivity contribution in [2.45, 2.75) is 32.8 Å². The van der Waals surface area contributed by atoms with Gasteiger partial charge in [-0.25, -0.2) is 8.42 Å². The van der Waals surface area contributed by atoms with E-state index in [0.29, 0.717) is 30.1 Å². The zero-order chi connectivity index (χ0) is 20.3. The van der Waals surface area contributed by atoms with Gasteiger partial charge >= 0.3 is 0 Å². The van der Waals surface area contributed by atoms with Gasteiger partial charge in [0.1, 0.15) is 5.75 Å². The van der Waals surface area contributed by atoms with Crippen LogP contribution in [0.5, 0.6) is 5.75 Å². The number of hydrogen-bond donors (Lipinski definition) is 1. The predicted molar refractivity (Wildman–Crippen MR) is 112 cm³/mol. The first-order chi connectivity index (χ1) is 13.3. The molecule has 3 rings (SSSR count). The molecule has 150 valence electrons. The normalized spacial score (nSPS) is 16.1. The quantitative estimate of drug-likeness (QED) is 0.778. The van der Waals surface area contributed by atoms with Gasteiger partial charge in [0.05, 0.1) is 33.8 Å². The molecule has 1 aliphatic heterocycles. The van der Waals surface area contributed by atoms with Crippen LogP contribution in [0.2, 0.25) is 5.02 Å². The monoisotopic (exact) mass is 422 g/mol. The Morgan fingerprint density at radius 1 is 1.18 bits per heavy atom. The lowest BCUT2D eigenvalue weighted by atomic mass is 10.1. The van der Waals surface area contributed by atoms with Crippen molar-refractivity contribution in [3.05, 3.63) is 53.1 Å². The largest absolute Gasteiger partial charge is 0.489 e. The van der Waals surface area contributed by atoms with Crippen molar-refractivity contribution >= 4 is 38.9 Å². The third-order valence-corrected chi connectivity index (χ3v) is 6.51. The zero-order valence-electron chi connectivity index (χ0n) is 15.8. The first kappa shape index (κ1) is 20.5. The molecule has 0 aromatic heterocycles. The summed E-state index contributed by atoms with van der Waals surface area (Å²) >= 11 is 6.31. The summed E-state index contributed by atoms with van der Waals surface area (Å²) in [7, 11) is -3.33. The molecule has 1 amide bonds. The van der Waals surface area contributed by atoms with Crippen LogP contribution in [0.25, 0.3) is 0 Å². The number of hydrogen-bond acceptors (Lipinski definition) is 4. The van der Waals surface area contributed by atoms with Crippen LogP contribution >= 0.6 is 11.6 Å². The molecule has 2 aromatic carbocycles. The van der Waals surface area contributed by atoms with E-state index in [9.17, 15) is 13.2 Å². The topological polar surface area (TPSA) is 75.7 Å². The molecular formula is C20H23ClN2O4S. The number of nitrogens with zero attached hydrogens (tertiary/aromatic N) is 1. The van der Waals surface area contributed by atoms with Gasteiger partial charge in [0, 0.05) is 6.54 Å². The molecule has 0 aliphatic carbocycles. The molecule has 0 radical (unpaired) electrons. The van der Waals surface area contributed by atoms with E-state index >= 15 is 0 Å². The molecule has 2 aromatic rings. The van der Waals surface area contributed by atoms with Crippen molar-refractivity contribution in [1.82, 2.24) is 0 Å². The molecular weight excluding hydrogens is 400 g/mol. The summed E-state index contributed by atoms with van der Waals surface area (Å²) in [6, 6.07) is 11.8. The van der Waals surface area contributed by atoms with Gasteiger partial charge in [-0.3, -0.25) is 9.10 Å². The number of benzene rings is 2. The highest BCUT2D eigenvalue weighted by Crippen LogP contribution is 2.30. The van der Waals surface area contributed by atoms with Gasteiger partial charge in [-0.05, 0) is 57.0 Å². The molecule has 1 heterocycles. The van der Waals surface area contributed by atoms with Crippen molar-refractivity contribution in [3.8, 4) is 5.75 Å². The summed E-state index contributed by atoms with van der Waals surface area (Å²) < 4.78 is 31.6. The van der Waals surface area contributed by atoms with E-state index in [1.807, 2.05) is 19.9 Å². The number of anilines is 2. The van der Waals surface area contributed by atoms with Crippen LogP contribution in [0.15, 0.2) is 42.5 Å². The summed E-state index contributed by atoms with van der Waals surface area (Å²) in [5.41, 5.74) is 1.28. The van der Waals surface area contributed by atoms with E-state index in [1.165, 1.54) is 10.4 Å². The SMILES string of the molecule is CC(C)Oc1ccccc1NC(=O)c1ccc(N2CCCCS2(=O)=O)cc1Cl. The molecule has 1 saturated heterocycles. The number of sulfonamides is 1. The highest BCUT2D eigenvalue weighted by Gasteiger charge is 2.27. The second-order valence-corrected chi connectivity index (χ2v) is 9.30. The van der Waals surface area contributed by atoms with Crippen LogP contribution in [0, 0.1) is 0 Å². The van der Waals surface area contributed by atoms with E-state index in [1.54, 1.807) is 30.3 Å². The van der Waals surface area contributed by atoms with E-state index in [2.05, 4.69) is 5.32 Å². The van der Waals surface area contributed by atoms with Crippen molar-refractivity contribution in [2.24, 2.45) is 0 Å². The maximum Gasteiger partial charge on any atom is 0.257 e. The van der Waals surface area contributed by atoms with Crippen molar-refractivity contribution in [2.75, 3.05) is 21.9 Å². The third-order valence-electron chi connectivity index (χ3n) is 4.33. The van der Waals surface area contributed by atoms with Gasteiger partial charge in [0.2, 0.25) is 10.0 Å². The molecule has 0 atom stereocenters. The Morgan fingerprint density at radius 3 is 2.61 bits per heavy atom. The van der Waals surface area contributed by atoms with Gasteiger partial charge in [-0.15, -0.1) is 0 Å². The van der Waals surface area contributed by atoms with Crippen LogP contribution in [-0.2, 0) is 10.0 Å². The Bertz CT molecular complexity index is 976. The number of halogens is 1. The lowest BCUT2D eigenvalue weighted by Crippen LogP contribution is -2.37. The van der Waals surface area contributed by atoms with E-state index < -0.39 is 15.9 Å². The summed E-state index contributed by atoms with van der Waals surface area (Å²) in [4.78, 5) is 12.7. The van der Waals surface area contributed by atoms with E-state index in [-0.39, 0.29) is 22.4 Å². The molecule has 28 heavy (non-hydrogen) atoms. The van der Waals surface area contributed by atoms with Gasteiger partial charge in [0.25, 0.3) is 5.91 Å². The Kier molecular flexibility index (Phi) is 6.15. The maximum absolute atomic E-state index is 12.7. The van der Waals surface area contributed by atoms with Crippen LogP contribution < -0.4 is 14.4 Å². The van der Waals surface area contributed by atoms with Crippen LogP contribution in [0.4, 0.5) is 11.4 Å². The number of rotatable bonds is 5. The summed E-state index contributed by atoms with van der Waals surface area (Å²) in [5, 5.41) is 3.00. The first-order valence-electron chi connectivity index (χ1n) is 9.15. The predicted octanol–water partition coefficient (Wildman–Crippen LogP) is 4.31. The van der Waals surface area contributed by atoms with Gasteiger partial charge < -0.3 is 10.1 Å². The highest BCUT2D eigenvalue weighted by atomic mass is 35.5. The Hall–Kier alpha value is -2.25. The average Bonchev–Trinajstić information content (AvgIpc) is 2.62. The number of carbonyl (C=O) groups is 1.